The van der Waals surface area contributed by atoms with Gasteiger partial charge >= 0.3 is 5.97 Å². The lowest BCUT2D eigenvalue weighted by atomic mass is 10.0. The van der Waals surface area contributed by atoms with Crippen LogP contribution in [0.1, 0.15) is 52.4 Å². The molecule has 0 heterocycles. The molecule has 0 spiro atoms. The highest BCUT2D eigenvalue weighted by molar-refractivity contribution is 5.75. The van der Waals surface area contributed by atoms with Crippen LogP contribution in [-0.2, 0) is 14.3 Å². The minimum Gasteiger partial charge on any atom is -0.468 e. The molecule has 2 unspecified atom stereocenters. The van der Waals surface area contributed by atoms with Crippen molar-refractivity contribution >= 4 is 5.97 Å². The number of esters is 1. The fourth-order valence-electron chi connectivity index (χ4n) is 2.11. The summed E-state index contributed by atoms with van der Waals surface area (Å²) in [7, 11) is 1.43. The Bertz CT molecular complexity index is 254. The first kappa shape index (κ1) is 16.4. The lowest BCUT2D eigenvalue weighted by molar-refractivity contribution is -0.145. The third-order valence-electron chi connectivity index (χ3n) is 3.68. The van der Waals surface area contributed by atoms with Gasteiger partial charge in [-0.3, -0.25) is 10.1 Å². The van der Waals surface area contributed by atoms with E-state index < -0.39 is 0 Å². The molecule has 0 aromatic carbocycles. The summed E-state index contributed by atoms with van der Waals surface area (Å²) in [4.78, 5) is 11.6. The van der Waals surface area contributed by atoms with E-state index in [9.17, 15) is 4.79 Å². The number of rotatable bonds is 11. The smallest absolute Gasteiger partial charge is 0.325 e. The van der Waals surface area contributed by atoms with Crippen molar-refractivity contribution in [1.82, 2.24) is 5.32 Å². The number of hydrogen-bond acceptors (Lipinski definition) is 4. The van der Waals surface area contributed by atoms with Gasteiger partial charge in [0.05, 0.1) is 13.7 Å². The van der Waals surface area contributed by atoms with E-state index in [1.807, 2.05) is 0 Å². The number of carbonyl (C=O) groups excluding carboxylic acids is 1. The number of ether oxygens (including phenoxy) is 2. The van der Waals surface area contributed by atoms with Crippen molar-refractivity contribution in [2.75, 3.05) is 20.3 Å². The van der Waals surface area contributed by atoms with Gasteiger partial charge in [-0.05, 0) is 25.2 Å². The molecule has 0 bridgehead atoms. The first-order valence-corrected chi connectivity index (χ1v) is 7.62. The molecule has 4 nitrogen and oxygen atoms in total. The van der Waals surface area contributed by atoms with Gasteiger partial charge < -0.3 is 9.47 Å². The molecule has 2 atom stereocenters. The largest absolute Gasteiger partial charge is 0.468 e. The summed E-state index contributed by atoms with van der Waals surface area (Å²) in [6.45, 7) is 5.58. The standard InChI is InChI=1S/C15H29NO3/c1-4-6-7-12(5-2)10-19-11-14(15(17)18-3)16-13-8-9-13/h12-14,16H,4-11H2,1-3H3. The number of carbonyl (C=O) groups is 1. The van der Waals surface area contributed by atoms with Gasteiger partial charge in [-0.2, -0.15) is 0 Å². The predicted molar refractivity (Wildman–Crippen MR) is 76.1 cm³/mol. The number of unbranched alkanes of at least 4 members (excludes halogenated alkanes) is 1. The first-order chi connectivity index (χ1) is 9.21. The monoisotopic (exact) mass is 271 g/mol. The van der Waals surface area contributed by atoms with Gasteiger partial charge in [-0.25, -0.2) is 0 Å². The van der Waals surface area contributed by atoms with E-state index in [1.54, 1.807) is 0 Å². The second-order valence-electron chi connectivity index (χ2n) is 5.47. The van der Waals surface area contributed by atoms with Crippen LogP contribution in [0.3, 0.4) is 0 Å². The van der Waals surface area contributed by atoms with Crippen LogP contribution in [0.4, 0.5) is 0 Å². The molecule has 0 radical (unpaired) electrons. The maximum absolute atomic E-state index is 11.6. The second kappa shape index (κ2) is 9.32. The molecular formula is C15H29NO3. The minimum atomic E-state index is -0.304. The fourth-order valence-corrected chi connectivity index (χ4v) is 2.11. The maximum Gasteiger partial charge on any atom is 0.325 e. The molecule has 1 aliphatic carbocycles. The Morgan fingerprint density at radius 1 is 1.32 bits per heavy atom. The van der Waals surface area contributed by atoms with Crippen LogP contribution in [0.5, 0.6) is 0 Å². The molecule has 112 valence electrons. The van der Waals surface area contributed by atoms with Crippen LogP contribution >= 0.6 is 0 Å². The highest BCUT2D eigenvalue weighted by Gasteiger charge is 2.29. The summed E-state index contributed by atoms with van der Waals surface area (Å²) in [6.07, 6.45) is 7.14. The average Bonchev–Trinajstić information content (AvgIpc) is 3.24. The zero-order valence-corrected chi connectivity index (χ0v) is 12.6. The van der Waals surface area contributed by atoms with Crippen LogP contribution in [0.25, 0.3) is 0 Å². The number of methoxy groups -OCH3 is 1. The molecule has 0 aromatic rings. The topological polar surface area (TPSA) is 47.6 Å². The Labute approximate surface area is 117 Å². The summed E-state index contributed by atoms with van der Waals surface area (Å²) < 4.78 is 10.5. The molecule has 0 amide bonds. The van der Waals surface area contributed by atoms with Crippen LogP contribution in [-0.4, -0.2) is 38.4 Å². The molecule has 1 aliphatic rings. The minimum absolute atomic E-state index is 0.214. The van der Waals surface area contributed by atoms with Crippen molar-refractivity contribution in [2.24, 2.45) is 5.92 Å². The molecule has 0 aliphatic heterocycles. The third kappa shape index (κ3) is 6.92. The van der Waals surface area contributed by atoms with Crippen LogP contribution in [0.15, 0.2) is 0 Å². The summed E-state index contributed by atoms with van der Waals surface area (Å²) in [5, 5.41) is 3.28. The van der Waals surface area contributed by atoms with E-state index in [-0.39, 0.29) is 12.0 Å². The first-order valence-electron chi connectivity index (χ1n) is 7.62. The van der Waals surface area contributed by atoms with Gasteiger partial charge in [0.25, 0.3) is 0 Å². The zero-order valence-electron chi connectivity index (χ0n) is 12.6. The van der Waals surface area contributed by atoms with E-state index >= 15 is 0 Å². The Hall–Kier alpha value is -0.610. The van der Waals surface area contributed by atoms with Crippen LogP contribution < -0.4 is 5.32 Å². The maximum atomic E-state index is 11.6. The van der Waals surface area contributed by atoms with E-state index in [1.165, 1.54) is 26.4 Å². The van der Waals surface area contributed by atoms with Gasteiger partial charge in [0.15, 0.2) is 0 Å². The van der Waals surface area contributed by atoms with Gasteiger partial charge in [0.1, 0.15) is 6.04 Å². The molecule has 19 heavy (non-hydrogen) atoms. The molecule has 1 saturated carbocycles. The SMILES string of the molecule is CCCCC(CC)COCC(NC1CC1)C(=O)OC. The molecule has 4 heteroatoms. The lowest BCUT2D eigenvalue weighted by Gasteiger charge is -2.19. The predicted octanol–water partition coefficient (Wildman–Crippen LogP) is 2.51. The zero-order chi connectivity index (χ0) is 14.1. The van der Waals surface area contributed by atoms with Crippen molar-refractivity contribution in [3.63, 3.8) is 0 Å². The molecule has 1 rings (SSSR count). The van der Waals surface area contributed by atoms with Crippen molar-refractivity contribution in [2.45, 2.75) is 64.5 Å². The Morgan fingerprint density at radius 3 is 2.58 bits per heavy atom. The van der Waals surface area contributed by atoms with E-state index in [0.717, 1.165) is 25.9 Å². The van der Waals surface area contributed by atoms with Crippen molar-refractivity contribution in [3.05, 3.63) is 0 Å². The lowest BCUT2D eigenvalue weighted by Crippen LogP contribution is -2.42. The van der Waals surface area contributed by atoms with E-state index in [4.69, 9.17) is 9.47 Å². The molecule has 1 fully saturated rings. The number of hydrogen-bond donors (Lipinski definition) is 1. The Morgan fingerprint density at radius 2 is 2.05 bits per heavy atom. The fraction of sp³-hybridized carbons (Fsp3) is 0.933. The van der Waals surface area contributed by atoms with E-state index in [0.29, 0.717) is 18.6 Å². The van der Waals surface area contributed by atoms with Crippen molar-refractivity contribution < 1.29 is 14.3 Å². The van der Waals surface area contributed by atoms with Gasteiger partial charge in [-0.15, -0.1) is 0 Å². The van der Waals surface area contributed by atoms with Crippen molar-refractivity contribution in [1.29, 1.82) is 0 Å². The quantitative estimate of drug-likeness (QED) is 0.587. The molecule has 0 aromatic heterocycles. The highest BCUT2D eigenvalue weighted by Crippen LogP contribution is 2.20. The van der Waals surface area contributed by atoms with Crippen molar-refractivity contribution in [3.8, 4) is 0 Å². The summed E-state index contributed by atoms with van der Waals surface area (Å²) in [5.41, 5.74) is 0. The van der Waals surface area contributed by atoms with Gasteiger partial charge in [0, 0.05) is 12.6 Å². The Kier molecular flexibility index (Phi) is 8.07. The summed E-state index contributed by atoms with van der Waals surface area (Å²) in [6, 6.07) is 0.177. The highest BCUT2D eigenvalue weighted by atomic mass is 16.5. The summed E-state index contributed by atoms with van der Waals surface area (Å²) in [5.74, 6) is 0.396. The molecule has 1 N–H and O–H groups in total. The molecular weight excluding hydrogens is 242 g/mol. The average molecular weight is 271 g/mol. The number of nitrogens with one attached hydrogen (secondary N) is 1. The van der Waals surface area contributed by atoms with E-state index in [2.05, 4.69) is 19.2 Å². The normalized spacial score (nSPS) is 18.1. The van der Waals surface area contributed by atoms with Gasteiger partial charge in [0.2, 0.25) is 0 Å². The molecule has 0 saturated heterocycles. The van der Waals surface area contributed by atoms with Gasteiger partial charge in [-0.1, -0.05) is 33.1 Å². The van der Waals surface area contributed by atoms with Crippen LogP contribution in [0.2, 0.25) is 0 Å². The second-order valence-corrected chi connectivity index (χ2v) is 5.47. The third-order valence-corrected chi connectivity index (χ3v) is 3.68. The Balaban J connectivity index is 2.23. The summed E-state index contributed by atoms with van der Waals surface area (Å²) >= 11 is 0. The van der Waals surface area contributed by atoms with Crippen LogP contribution in [0, 0.1) is 5.92 Å².